The molecule has 2 fully saturated rings. The van der Waals surface area contributed by atoms with Crippen LogP contribution in [0.2, 0.25) is 0 Å². The summed E-state index contributed by atoms with van der Waals surface area (Å²) in [5.74, 6) is 0. The van der Waals surface area contributed by atoms with Gasteiger partial charge in [-0.2, -0.15) is 4.31 Å². The van der Waals surface area contributed by atoms with Crippen LogP contribution in [0.3, 0.4) is 0 Å². The molecule has 0 aromatic rings. The zero-order valence-electron chi connectivity index (χ0n) is 9.28. The molecule has 0 unspecified atom stereocenters. The number of nitrogens with one attached hydrogen (secondary N) is 1. The minimum atomic E-state index is -2.98. The van der Waals surface area contributed by atoms with E-state index in [4.69, 9.17) is 0 Å². The van der Waals surface area contributed by atoms with Crippen molar-refractivity contribution in [2.45, 2.75) is 43.9 Å². The summed E-state index contributed by atoms with van der Waals surface area (Å²) >= 11 is 0. The van der Waals surface area contributed by atoms with Crippen molar-refractivity contribution in [3.8, 4) is 0 Å². The van der Waals surface area contributed by atoms with Crippen LogP contribution in [-0.2, 0) is 10.0 Å². The second-order valence-electron chi connectivity index (χ2n) is 4.50. The van der Waals surface area contributed by atoms with Crippen LogP contribution in [-0.4, -0.2) is 43.6 Å². The van der Waals surface area contributed by atoms with E-state index in [0.29, 0.717) is 6.54 Å². The average molecular weight is 232 g/mol. The van der Waals surface area contributed by atoms with Gasteiger partial charge >= 0.3 is 0 Å². The third-order valence-electron chi connectivity index (χ3n) is 3.16. The molecular weight excluding hydrogens is 212 g/mol. The fourth-order valence-electron chi connectivity index (χ4n) is 2.18. The van der Waals surface area contributed by atoms with Crippen LogP contribution < -0.4 is 5.32 Å². The predicted octanol–water partition coefficient (Wildman–Crippen LogP) is 0.552. The number of hydrogen-bond acceptors (Lipinski definition) is 3. The Balaban J connectivity index is 2.10. The van der Waals surface area contributed by atoms with E-state index >= 15 is 0 Å². The smallest absolute Gasteiger partial charge is 0.217 e. The maximum atomic E-state index is 12.2. The summed E-state index contributed by atoms with van der Waals surface area (Å²) in [6.45, 7) is 4.50. The molecule has 1 saturated carbocycles. The van der Waals surface area contributed by atoms with Crippen molar-refractivity contribution in [1.82, 2.24) is 9.62 Å². The summed E-state index contributed by atoms with van der Waals surface area (Å²) in [5, 5.41) is 3.17. The van der Waals surface area contributed by atoms with E-state index in [0.717, 1.165) is 38.8 Å². The zero-order valence-corrected chi connectivity index (χ0v) is 10.1. The highest BCUT2D eigenvalue weighted by Crippen LogP contribution is 2.32. The minimum absolute atomic E-state index is 0.0651. The first-order valence-corrected chi connectivity index (χ1v) is 7.38. The van der Waals surface area contributed by atoms with Crippen molar-refractivity contribution in [3.05, 3.63) is 0 Å². The summed E-state index contributed by atoms with van der Waals surface area (Å²) in [5.41, 5.74) is 0. The number of sulfonamides is 1. The fourth-order valence-corrected chi connectivity index (χ4v) is 4.33. The molecule has 1 atom stereocenters. The van der Waals surface area contributed by atoms with E-state index in [1.54, 1.807) is 4.31 Å². The highest BCUT2D eigenvalue weighted by atomic mass is 32.2. The normalized spacial score (nSPS) is 27.5. The fraction of sp³-hybridized carbons (Fsp3) is 1.00. The summed E-state index contributed by atoms with van der Waals surface area (Å²) in [4.78, 5) is 0. The van der Waals surface area contributed by atoms with Gasteiger partial charge in [0, 0.05) is 19.1 Å². The summed E-state index contributed by atoms with van der Waals surface area (Å²) in [6, 6.07) is 0.204. The van der Waals surface area contributed by atoms with E-state index < -0.39 is 10.0 Å². The van der Waals surface area contributed by atoms with E-state index in [1.165, 1.54) is 0 Å². The van der Waals surface area contributed by atoms with Gasteiger partial charge in [0.05, 0.1) is 5.25 Å². The van der Waals surface area contributed by atoms with Gasteiger partial charge in [-0.15, -0.1) is 0 Å². The van der Waals surface area contributed by atoms with Crippen molar-refractivity contribution < 1.29 is 8.42 Å². The number of nitrogens with zero attached hydrogens (tertiary/aromatic N) is 1. The van der Waals surface area contributed by atoms with E-state index in [9.17, 15) is 8.42 Å². The zero-order chi connectivity index (χ0) is 10.9. The van der Waals surface area contributed by atoms with Crippen LogP contribution in [0.4, 0.5) is 0 Å². The molecule has 4 nitrogen and oxygen atoms in total. The standard InChI is InChI=1S/C10H20N2O2S/c1-2-7-12(9-5-6-11-8-9)15(13,14)10-3-4-10/h9-11H,2-8H2,1H3/t9-/m1/s1. The molecule has 5 heteroatoms. The van der Waals surface area contributed by atoms with Crippen LogP contribution in [0.15, 0.2) is 0 Å². The Hall–Kier alpha value is -0.130. The molecule has 1 heterocycles. The Morgan fingerprint density at radius 1 is 1.33 bits per heavy atom. The Bertz CT molecular complexity index is 305. The first kappa shape index (κ1) is 11.4. The first-order valence-electron chi connectivity index (χ1n) is 5.87. The first-order chi connectivity index (χ1) is 7.16. The topological polar surface area (TPSA) is 49.4 Å². The minimum Gasteiger partial charge on any atom is -0.315 e. The van der Waals surface area contributed by atoms with Crippen LogP contribution in [0.5, 0.6) is 0 Å². The lowest BCUT2D eigenvalue weighted by Crippen LogP contribution is -2.43. The molecule has 88 valence electrons. The molecule has 2 aliphatic rings. The summed E-state index contributed by atoms with van der Waals surface area (Å²) in [6.07, 6.45) is 3.60. The van der Waals surface area contributed by atoms with Gasteiger partial charge in [-0.3, -0.25) is 0 Å². The van der Waals surface area contributed by atoms with Crippen LogP contribution in [0.1, 0.15) is 32.6 Å². The highest BCUT2D eigenvalue weighted by molar-refractivity contribution is 7.90. The van der Waals surface area contributed by atoms with Crippen molar-refractivity contribution in [2.24, 2.45) is 0 Å². The van der Waals surface area contributed by atoms with Crippen molar-refractivity contribution in [2.75, 3.05) is 19.6 Å². The molecule has 0 aromatic carbocycles. The van der Waals surface area contributed by atoms with Crippen molar-refractivity contribution in [1.29, 1.82) is 0 Å². The lowest BCUT2D eigenvalue weighted by Gasteiger charge is -2.27. The lowest BCUT2D eigenvalue weighted by molar-refractivity contribution is 0.334. The molecule has 0 bridgehead atoms. The Labute approximate surface area is 92.1 Å². The number of rotatable bonds is 5. The largest absolute Gasteiger partial charge is 0.315 e. The van der Waals surface area contributed by atoms with E-state index in [1.807, 2.05) is 6.92 Å². The molecule has 2 rings (SSSR count). The van der Waals surface area contributed by atoms with Crippen LogP contribution >= 0.6 is 0 Å². The third-order valence-corrected chi connectivity index (χ3v) is 5.61. The third kappa shape index (κ3) is 2.34. The molecule has 1 saturated heterocycles. The predicted molar refractivity (Wildman–Crippen MR) is 60.2 cm³/mol. The molecule has 0 amide bonds. The average Bonchev–Trinajstić information content (AvgIpc) is 2.93. The van der Waals surface area contributed by atoms with Gasteiger partial charge in [0.2, 0.25) is 10.0 Å². The van der Waals surface area contributed by atoms with Gasteiger partial charge in [-0.05, 0) is 32.2 Å². The molecule has 1 N–H and O–H groups in total. The summed E-state index contributed by atoms with van der Waals surface area (Å²) in [7, 11) is -2.98. The van der Waals surface area contributed by atoms with Crippen molar-refractivity contribution in [3.63, 3.8) is 0 Å². The maximum absolute atomic E-state index is 12.2. The van der Waals surface area contributed by atoms with Gasteiger partial charge in [0.1, 0.15) is 0 Å². The van der Waals surface area contributed by atoms with Gasteiger partial charge in [0.25, 0.3) is 0 Å². The number of hydrogen-bond donors (Lipinski definition) is 1. The molecule has 15 heavy (non-hydrogen) atoms. The second-order valence-corrected chi connectivity index (χ2v) is 6.67. The van der Waals surface area contributed by atoms with Gasteiger partial charge in [-0.25, -0.2) is 8.42 Å². The van der Waals surface area contributed by atoms with Crippen molar-refractivity contribution >= 4 is 10.0 Å². The van der Waals surface area contributed by atoms with Gasteiger partial charge in [0.15, 0.2) is 0 Å². The van der Waals surface area contributed by atoms with Gasteiger partial charge < -0.3 is 5.32 Å². The van der Waals surface area contributed by atoms with E-state index in [-0.39, 0.29) is 11.3 Å². The molecule has 0 aromatic heterocycles. The molecule has 1 aliphatic heterocycles. The van der Waals surface area contributed by atoms with E-state index in [2.05, 4.69) is 5.32 Å². The molecule has 0 spiro atoms. The lowest BCUT2D eigenvalue weighted by atomic mass is 10.2. The molecular formula is C10H20N2O2S. The molecule has 0 radical (unpaired) electrons. The molecule has 1 aliphatic carbocycles. The van der Waals surface area contributed by atoms with Gasteiger partial charge in [-0.1, -0.05) is 6.92 Å². The summed E-state index contributed by atoms with van der Waals surface area (Å²) < 4.78 is 26.1. The SMILES string of the molecule is CCCN([C@@H]1CCNC1)S(=O)(=O)C1CC1. The highest BCUT2D eigenvalue weighted by Gasteiger charge is 2.42. The Kier molecular flexibility index (Phi) is 3.33. The van der Waals surface area contributed by atoms with Crippen LogP contribution in [0.25, 0.3) is 0 Å². The second kappa shape index (κ2) is 4.39. The monoisotopic (exact) mass is 232 g/mol. The maximum Gasteiger partial charge on any atom is 0.217 e. The Morgan fingerprint density at radius 3 is 2.53 bits per heavy atom. The van der Waals surface area contributed by atoms with Crippen LogP contribution in [0, 0.1) is 0 Å². The Morgan fingerprint density at radius 2 is 2.07 bits per heavy atom. The quantitative estimate of drug-likeness (QED) is 0.753.